The zero-order valence-corrected chi connectivity index (χ0v) is 8.90. The first kappa shape index (κ1) is 13.4. The van der Waals surface area contributed by atoms with Crippen molar-refractivity contribution >= 4 is 11.9 Å². The highest BCUT2D eigenvalue weighted by molar-refractivity contribution is 5.84. The number of carbonyl (C=O) groups excluding carboxylic acids is 1. The maximum absolute atomic E-state index is 11.6. The van der Waals surface area contributed by atoms with Crippen molar-refractivity contribution < 1.29 is 14.7 Å². The Labute approximate surface area is 89.7 Å². The predicted molar refractivity (Wildman–Crippen MR) is 58.4 cm³/mol. The lowest BCUT2D eigenvalue weighted by atomic mass is 10.00. The minimum absolute atomic E-state index is 0.273. The van der Waals surface area contributed by atoms with Crippen LogP contribution in [-0.4, -0.2) is 23.0 Å². The fourth-order valence-corrected chi connectivity index (χ4v) is 1.11. The summed E-state index contributed by atoms with van der Waals surface area (Å²) in [5, 5.41) is 11.0. The summed E-state index contributed by atoms with van der Waals surface area (Å²) in [5.74, 6) is -1.59. The van der Waals surface area contributed by atoms with Crippen molar-refractivity contribution in [1.29, 1.82) is 0 Å². The molecule has 0 aliphatic heterocycles. The first-order valence-corrected chi connectivity index (χ1v) is 4.77. The molecular formula is C11H17NO3. The Morgan fingerprint density at radius 1 is 1.33 bits per heavy atom. The Bertz CT molecular complexity index is 251. The van der Waals surface area contributed by atoms with E-state index in [1.165, 1.54) is 6.92 Å². The van der Waals surface area contributed by atoms with E-state index in [9.17, 15) is 9.59 Å². The van der Waals surface area contributed by atoms with Crippen LogP contribution in [0.15, 0.2) is 25.3 Å². The van der Waals surface area contributed by atoms with E-state index in [0.717, 1.165) is 0 Å². The van der Waals surface area contributed by atoms with E-state index in [1.807, 2.05) is 0 Å². The molecule has 4 heteroatoms. The van der Waals surface area contributed by atoms with Gasteiger partial charge in [0.15, 0.2) is 0 Å². The Kier molecular flexibility index (Phi) is 6.09. The van der Waals surface area contributed by atoms with Crippen LogP contribution < -0.4 is 5.32 Å². The van der Waals surface area contributed by atoms with Crippen LogP contribution in [0.4, 0.5) is 0 Å². The van der Waals surface area contributed by atoms with Crippen LogP contribution in [0.1, 0.15) is 19.8 Å². The molecule has 4 nitrogen and oxygen atoms in total. The molecule has 0 aliphatic rings. The normalized spacial score (nSPS) is 11.9. The van der Waals surface area contributed by atoms with E-state index in [1.54, 1.807) is 12.2 Å². The fraction of sp³-hybridized carbons (Fsp3) is 0.455. The predicted octanol–water partition coefficient (Wildman–Crippen LogP) is 1.34. The van der Waals surface area contributed by atoms with E-state index < -0.39 is 12.0 Å². The number of nitrogens with one attached hydrogen (secondary N) is 1. The number of amides is 1. The molecule has 0 saturated heterocycles. The van der Waals surface area contributed by atoms with Gasteiger partial charge in [-0.15, -0.1) is 13.2 Å². The van der Waals surface area contributed by atoms with Crippen molar-refractivity contribution in [3.63, 3.8) is 0 Å². The molecule has 0 rings (SSSR count). The third kappa shape index (κ3) is 5.00. The average Bonchev–Trinajstić information content (AvgIpc) is 2.17. The maximum Gasteiger partial charge on any atom is 0.325 e. The zero-order valence-electron chi connectivity index (χ0n) is 8.90. The first-order valence-electron chi connectivity index (χ1n) is 4.77. The van der Waals surface area contributed by atoms with Crippen molar-refractivity contribution in [2.24, 2.45) is 5.92 Å². The molecule has 0 spiro atoms. The number of carboxylic acids is 1. The number of aliphatic carboxylic acids is 1. The summed E-state index contributed by atoms with van der Waals surface area (Å²) in [5.41, 5.74) is 0. The summed E-state index contributed by atoms with van der Waals surface area (Å²) in [6.07, 6.45) is 4.31. The Balaban J connectivity index is 4.29. The van der Waals surface area contributed by atoms with Gasteiger partial charge in [0.1, 0.15) is 6.04 Å². The van der Waals surface area contributed by atoms with Gasteiger partial charge in [-0.3, -0.25) is 9.59 Å². The lowest BCUT2D eigenvalue weighted by Gasteiger charge is -2.15. The minimum Gasteiger partial charge on any atom is -0.480 e. The number of hydrogen-bond donors (Lipinski definition) is 2. The molecule has 84 valence electrons. The highest BCUT2D eigenvalue weighted by Gasteiger charge is 2.20. The second-order valence-corrected chi connectivity index (χ2v) is 3.31. The van der Waals surface area contributed by atoms with E-state index >= 15 is 0 Å². The summed E-state index contributed by atoms with van der Waals surface area (Å²) in [4.78, 5) is 22.1. The van der Waals surface area contributed by atoms with Gasteiger partial charge in [0.25, 0.3) is 0 Å². The molecule has 15 heavy (non-hydrogen) atoms. The van der Waals surface area contributed by atoms with Gasteiger partial charge in [0.2, 0.25) is 5.91 Å². The van der Waals surface area contributed by atoms with Gasteiger partial charge in [0, 0.05) is 5.92 Å². The molecule has 0 aromatic heterocycles. The standard InChI is InChI=1S/C11H17NO3/c1-4-6-9(7-5-2)10(13)12-8(3)11(14)15/h4-5,8-9H,1-2,6-7H2,3H3,(H,12,13)(H,14,15)/t8-/m0/s1. The summed E-state index contributed by atoms with van der Waals surface area (Å²) >= 11 is 0. The molecule has 0 unspecified atom stereocenters. The maximum atomic E-state index is 11.6. The molecule has 0 heterocycles. The second-order valence-electron chi connectivity index (χ2n) is 3.31. The molecule has 1 amide bonds. The van der Waals surface area contributed by atoms with Crippen LogP contribution in [0.2, 0.25) is 0 Å². The van der Waals surface area contributed by atoms with E-state index in [4.69, 9.17) is 5.11 Å². The van der Waals surface area contributed by atoms with E-state index in [-0.39, 0.29) is 11.8 Å². The third-order valence-corrected chi connectivity index (χ3v) is 2.00. The van der Waals surface area contributed by atoms with E-state index in [2.05, 4.69) is 18.5 Å². The Hall–Kier alpha value is -1.58. The SMILES string of the molecule is C=CCC(CC=C)C(=O)N[C@@H](C)C(=O)O. The van der Waals surface area contributed by atoms with Gasteiger partial charge in [-0.05, 0) is 19.8 Å². The number of carbonyl (C=O) groups is 2. The molecule has 0 saturated carbocycles. The van der Waals surface area contributed by atoms with Crippen molar-refractivity contribution in [2.45, 2.75) is 25.8 Å². The number of rotatable bonds is 7. The summed E-state index contributed by atoms with van der Waals surface area (Å²) in [6, 6.07) is -0.866. The molecule has 0 aliphatic carbocycles. The van der Waals surface area contributed by atoms with Gasteiger partial charge >= 0.3 is 5.97 Å². The van der Waals surface area contributed by atoms with Crippen LogP contribution in [0.25, 0.3) is 0 Å². The fourth-order valence-electron chi connectivity index (χ4n) is 1.11. The van der Waals surface area contributed by atoms with Crippen molar-refractivity contribution in [2.75, 3.05) is 0 Å². The third-order valence-electron chi connectivity index (χ3n) is 2.00. The lowest BCUT2D eigenvalue weighted by molar-refractivity contribution is -0.141. The Morgan fingerprint density at radius 2 is 1.80 bits per heavy atom. The molecule has 2 N–H and O–H groups in total. The number of carboxylic acid groups (broad SMARTS) is 1. The largest absolute Gasteiger partial charge is 0.480 e. The smallest absolute Gasteiger partial charge is 0.325 e. The summed E-state index contributed by atoms with van der Waals surface area (Å²) in [6.45, 7) is 8.53. The van der Waals surface area contributed by atoms with Gasteiger partial charge in [-0.25, -0.2) is 0 Å². The van der Waals surface area contributed by atoms with Gasteiger partial charge in [0.05, 0.1) is 0 Å². The highest BCUT2D eigenvalue weighted by Crippen LogP contribution is 2.10. The molecule has 0 radical (unpaired) electrons. The monoisotopic (exact) mass is 211 g/mol. The quantitative estimate of drug-likeness (QED) is 0.624. The molecule has 0 bridgehead atoms. The lowest BCUT2D eigenvalue weighted by Crippen LogP contribution is -2.41. The summed E-state index contributed by atoms with van der Waals surface area (Å²) < 4.78 is 0. The molecule has 0 fully saturated rings. The topological polar surface area (TPSA) is 66.4 Å². The van der Waals surface area contributed by atoms with Crippen molar-refractivity contribution in [3.8, 4) is 0 Å². The number of hydrogen-bond acceptors (Lipinski definition) is 2. The van der Waals surface area contributed by atoms with Crippen LogP contribution >= 0.6 is 0 Å². The molecule has 0 aromatic rings. The second kappa shape index (κ2) is 6.81. The van der Waals surface area contributed by atoms with Crippen LogP contribution in [0, 0.1) is 5.92 Å². The van der Waals surface area contributed by atoms with Crippen molar-refractivity contribution in [3.05, 3.63) is 25.3 Å². The van der Waals surface area contributed by atoms with Crippen LogP contribution in [0.3, 0.4) is 0 Å². The average molecular weight is 211 g/mol. The molecular weight excluding hydrogens is 194 g/mol. The summed E-state index contributed by atoms with van der Waals surface area (Å²) in [7, 11) is 0. The van der Waals surface area contributed by atoms with Crippen LogP contribution in [-0.2, 0) is 9.59 Å². The zero-order chi connectivity index (χ0) is 11.8. The number of allylic oxidation sites excluding steroid dienone is 2. The van der Waals surface area contributed by atoms with Gasteiger partial charge in [-0.2, -0.15) is 0 Å². The molecule has 0 aromatic carbocycles. The Morgan fingerprint density at radius 3 is 2.13 bits per heavy atom. The van der Waals surface area contributed by atoms with Crippen LogP contribution in [0.5, 0.6) is 0 Å². The van der Waals surface area contributed by atoms with Gasteiger partial charge < -0.3 is 10.4 Å². The first-order chi connectivity index (χ1) is 7.02. The van der Waals surface area contributed by atoms with Crippen molar-refractivity contribution in [1.82, 2.24) is 5.32 Å². The highest BCUT2D eigenvalue weighted by atomic mass is 16.4. The molecule has 1 atom stereocenters. The van der Waals surface area contributed by atoms with E-state index in [0.29, 0.717) is 12.8 Å². The van der Waals surface area contributed by atoms with Gasteiger partial charge in [-0.1, -0.05) is 12.2 Å². The minimum atomic E-state index is -1.04.